The second-order valence-electron chi connectivity index (χ2n) is 9.96. The van der Waals surface area contributed by atoms with Crippen molar-refractivity contribution in [1.29, 1.82) is 0 Å². The predicted octanol–water partition coefficient (Wildman–Crippen LogP) is 8.56. The molecule has 1 rings (SSSR count). The molecule has 0 amide bonds. The van der Waals surface area contributed by atoms with Gasteiger partial charge in [-0.15, -0.1) is 0 Å². The van der Waals surface area contributed by atoms with Gasteiger partial charge < -0.3 is 10.5 Å². The Morgan fingerprint density at radius 2 is 1.03 bits per heavy atom. The number of rotatable bonds is 20. The smallest absolute Gasteiger partial charge is 0.0578 e. The van der Waals surface area contributed by atoms with Gasteiger partial charge in [-0.1, -0.05) is 123 Å². The first-order valence-corrected chi connectivity index (χ1v) is 13.6. The first-order chi connectivity index (χ1) is 14.2. The van der Waals surface area contributed by atoms with Crippen molar-refractivity contribution in [3.05, 3.63) is 0 Å². The van der Waals surface area contributed by atoms with E-state index in [1.165, 1.54) is 128 Å². The van der Waals surface area contributed by atoms with Crippen molar-refractivity contribution >= 4 is 0 Å². The summed E-state index contributed by atoms with van der Waals surface area (Å²) in [5, 5.41) is 0. The van der Waals surface area contributed by atoms with Crippen LogP contribution in [0, 0.1) is 5.92 Å². The normalized spacial score (nSPS) is 22.2. The van der Waals surface area contributed by atoms with E-state index in [2.05, 4.69) is 13.8 Å². The Morgan fingerprint density at radius 1 is 0.621 bits per heavy atom. The molecule has 174 valence electrons. The fourth-order valence-corrected chi connectivity index (χ4v) is 4.78. The van der Waals surface area contributed by atoms with Crippen molar-refractivity contribution in [2.24, 2.45) is 11.7 Å². The Kier molecular flexibility index (Phi) is 18.5. The molecule has 0 saturated heterocycles. The van der Waals surface area contributed by atoms with Gasteiger partial charge in [0.25, 0.3) is 0 Å². The summed E-state index contributed by atoms with van der Waals surface area (Å²) < 4.78 is 6.08. The topological polar surface area (TPSA) is 35.2 Å². The summed E-state index contributed by atoms with van der Waals surface area (Å²) in [5.41, 5.74) is 6.09. The van der Waals surface area contributed by atoms with E-state index in [9.17, 15) is 0 Å². The number of nitrogens with two attached hydrogens (primary N) is 1. The van der Waals surface area contributed by atoms with Crippen LogP contribution in [0.4, 0.5) is 0 Å². The van der Waals surface area contributed by atoms with Crippen LogP contribution in [-0.4, -0.2) is 18.8 Å². The molecule has 1 aliphatic carbocycles. The van der Waals surface area contributed by atoms with Gasteiger partial charge in [-0.05, 0) is 31.6 Å². The van der Waals surface area contributed by atoms with Crippen LogP contribution in [0.1, 0.15) is 149 Å². The largest absolute Gasteiger partial charge is 0.378 e. The minimum atomic E-state index is 0.403. The molecule has 0 aromatic rings. The fourth-order valence-electron chi connectivity index (χ4n) is 4.78. The van der Waals surface area contributed by atoms with Crippen LogP contribution in [0.2, 0.25) is 0 Å². The van der Waals surface area contributed by atoms with Gasteiger partial charge in [0.2, 0.25) is 0 Å². The number of ether oxygens (including phenoxy) is 1. The number of hydrogen-bond donors (Lipinski definition) is 1. The zero-order chi connectivity index (χ0) is 21.0. The quantitative estimate of drug-likeness (QED) is 0.204. The average molecular weight is 410 g/mol. The van der Waals surface area contributed by atoms with Gasteiger partial charge in [-0.3, -0.25) is 0 Å². The highest BCUT2D eigenvalue weighted by Crippen LogP contribution is 2.25. The van der Waals surface area contributed by atoms with Crippen LogP contribution in [0.3, 0.4) is 0 Å². The molecule has 29 heavy (non-hydrogen) atoms. The summed E-state index contributed by atoms with van der Waals surface area (Å²) in [4.78, 5) is 0. The zero-order valence-electron chi connectivity index (χ0n) is 20.3. The third-order valence-electron chi connectivity index (χ3n) is 7.04. The van der Waals surface area contributed by atoms with Gasteiger partial charge in [0.15, 0.2) is 0 Å². The lowest BCUT2D eigenvalue weighted by Gasteiger charge is -2.31. The summed E-state index contributed by atoms with van der Waals surface area (Å²) >= 11 is 0. The molecule has 1 saturated carbocycles. The van der Waals surface area contributed by atoms with Crippen LogP contribution >= 0.6 is 0 Å². The summed E-state index contributed by atoms with van der Waals surface area (Å²) in [5.74, 6) is 0.633. The minimum Gasteiger partial charge on any atom is -0.378 e. The average Bonchev–Trinajstić information content (AvgIpc) is 2.72. The van der Waals surface area contributed by atoms with E-state index in [0.29, 0.717) is 18.1 Å². The maximum Gasteiger partial charge on any atom is 0.0578 e. The van der Waals surface area contributed by atoms with Gasteiger partial charge >= 0.3 is 0 Å². The van der Waals surface area contributed by atoms with E-state index in [-0.39, 0.29) is 0 Å². The summed E-state index contributed by atoms with van der Waals surface area (Å²) in [6.45, 7) is 5.54. The van der Waals surface area contributed by atoms with Gasteiger partial charge in [0, 0.05) is 12.6 Å². The third kappa shape index (κ3) is 16.3. The monoisotopic (exact) mass is 409 g/mol. The SMILES string of the molecule is CCCCCCCCCCCCCCCCCCCCOC1CCC(N)C(C)C1. The molecule has 3 atom stereocenters. The lowest BCUT2D eigenvalue weighted by molar-refractivity contribution is 0.00894. The first kappa shape index (κ1) is 27.0. The highest BCUT2D eigenvalue weighted by molar-refractivity contribution is 4.80. The molecule has 0 radical (unpaired) electrons. The molecule has 2 N–H and O–H groups in total. The van der Waals surface area contributed by atoms with Crippen LogP contribution in [0.15, 0.2) is 0 Å². The molecule has 0 heterocycles. The number of unbranched alkanes of at least 4 members (excludes halogenated alkanes) is 17. The standard InChI is InChI=1S/C27H55NO/c1-3-4-5-6-7-8-9-10-11-12-13-14-15-16-17-18-19-20-23-29-26-21-22-27(28)25(2)24-26/h25-27H,3-24,28H2,1-2H3. The van der Waals surface area contributed by atoms with Gasteiger partial charge in [0.05, 0.1) is 6.10 Å². The van der Waals surface area contributed by atoms with Crippen molar-refractivity contribution in [2.75, 3.05) is 6.61 Å². The Balaban J connectivity index is 1.69. The Hall–Kier alpha value is -0.0800. The van der Waals surface area contributed by atoms with Crippen LogP contribution < -0.4 is 5.73 Å². The highest BCUT2D eigenvalue weighted by Gasteiger charge is 2.25. The Morgan fingerprint density at radius 3 is 1.45 bits per heavy atom. The fraction of sp³-hybridized carbons (Fsp3) is 1.00. The van der Waals surface area contributed by atoms with Crippen molar-refractivity contribution in [1.82, 2.24) is 0 Å². The van der Waals surface area contributed by atoms with E-state index in [1.807, 2.05) is 0 Å². The minimum absolute atomic E-state index is 0.403. The van der Waals surface area contributed by atoms with Crippen molar-refractivity contribution in [2.45, 2.75) is 161 Å². The molecule has 0 aromatic heterocycles. The molecule has 0 spiro atoms. The van der Waals surface area contributed by atoms with Crippen molar-refractivity contribution in [3.8, 4) is 0 Å². The molecule has 2 heteroatoms. The molecule has 0 bridgehead atoms. The van der Waals surface area contributed by atoms with E-state index in [4.69, 9.17) is 10.5 Å². The first-order valence-electron chi connectivity index (χ1n) is 13.6. The second kappa shape index (κ2) is 19.9. The molecule has 1 fully saturated rings. The van der Waals surface area contributed by atoms with E-state index >= 15 is 0 Å². The maximum absolute atomic E-state index is 6.09. The Labute approximate surface area is 184 Å². The van der Waals surface area contributed by atoms with E-state index in [1.54, 1.807) is 0 Å². The molecular weight excluding hydrogens is 354 g/mol. The molecule has 3 unspecified atom stereocenters. The molecular formula is C27H55NO. The van der Waals surface area contributed by atoms with Crippen molar-refractivity contribution < 1.29 is 4.74 Å². The van der Waals surface area contributed by atoms with Crippen molar-refractivity contribution in [3.63, 3.8) is 0 Å². The van der Waals surface area contributed by atoms with E-state index in [0.717, 1.165) is 13.0 Å². The predicted molar refractivity (Wildman–Crippen MR) is 130 cm³/mol. The lowest BCUT2D eigenvalue weighted by atomic mass is 9.85. The van der Waals surface area contributed by atoms with Crippen LogP contribution in [-0.2, 0) is 4.74 Å². The van der Waals surface area contributed by atoms with Crippen LogP contribution in [0.5, 0.6) is 0 Å². The molecule has 0 aliphatic heterocycles. The zero-order valence-corrected chi connectivity index (χ0v) is 20.3. The van der Waals surface area contributed by atoms with Crippen LogP contribution in [0.25, 0.3) is 0 Å². The summed E-state index contributed by atoms with van der Waals surface area (Å²) in [6, 6.07) is 0.403. The number of hydrogen-bond acceptors (Lipinski definition) is 2. The maximum atomic E-state index is 6.09. The third-order valence-corrected chi connectivity index (χ3v) is 7.04. The molecule has 2 nitrogen and oxygen atoms in total. The lowest BCUT2D eigenvalue weighted by Crippen LogP contribution is -2.37. The molecule has 0 aromatic carbocycles. The Bertz CT molecular complexity index is 332. The summed E-state index contributed by atoms with van der Waals surface area (Å²) in [6.07, 6.45) is 29.8. The van der Waals surface area contributed by atoms with Gasteiger partial charge in [-0.2, -0.15) is 0 Å². The second-order valence-corrected chi connectivity index (χ2v) is 9.96. The highest BCUT2D eigenvalue weighted by atomic mass is 16.5. The summed E-state index contributed by atoms with van der Waals surface area (Å²) in [7, 11) is 0. The van der Waals surface area contributed by atoms with Gasteiger partial charge in [-0.25, -0.2) is 0 Å². The van der Waals surface area contributed by atoms with E-state index < -0.39 is 0 Å². The van der Waals surface area contributed by atoms with Gasteiger partial charge in [0.1, 0.15) is 0 Å². The molecule has 1 aliphatic rings.